The summed E-state index contributed by atoms with van der Waals surface area (Å²) in [5.74, 6) is -0.346. The van der Waals surface area contributed by atoms with Crippen molar-refractivity contribution in [1.82, 2.24) is 19.7 Å². The Hall–Kier alpha value is -2.44. The number of rotatable bonds is 5. The van der Waals surface area contributed by atoms with Gasteiger partial charge in [-0.15, -0.1) is 0 Å². The molecule has 7 nitrogen and oxygen atoms in total. The van der Waals surface area contributed by atoms with Crippen molar-refractivity contribution in [3.63, 3.8) is 0 Å². The first kappa shape index (κ1) is 12.0. The van der Waals surface area contributed by atoms with Crippen LogP contribution in [0.1, 0.15) is 23.8 Å². The van der Waals surface area contributed by atoms with Gasteiger partial charge in [-0.25, -0.2) is 14.8 Å². The minimum atomic E-state index is -1.12. The summed E-state index contributed by atoms with van der Waals surface area (Å²) in [6.07, 6.45) is 6.71. The van der Waals surface area contributed by atoms with E-state index in [2.05, 4.69) is 22.0 Å². The number of hydrogen-bond acceptors (Lipinski definition) is 5. The molecule has 0 saturated carbocycles. The molecule has 0 bridgehead atoms. The molecule has 18 heavy (non-hydrogen) atoms. The molecule has 0 aliphatic carbocycles. The van der Waals surface area contributed by atoms with Gasteiger partial charge >= 0.3 is 5.97 Å². The number of nitrogens with zero attached hydrogens (tertiary/aromatic N) is 4. The lowest BCUT2D eigenvalue weighted by Gasteiger charge is -2.00. The van der Waals surface area contributed by atoms with Crippen molar-refractivity contribution in [3.05, 3.63) is 30.5 Å². The first-order chi connectivity index (χ1) is 8.69. The van der Waals surface area contributed by atoms with Gasteiger partial charge < -0.3 is 9.84 Å². The van der Waals surface area contributed by atoms with E-state index in [0.29, 0.717) is 5.75 Å². The van der Waals surface area contributed by atoms with Crippen molar-refractivity contribution in [3.8, 4) is 11.6 Å². The molecular weight excluding hydrogens is 236 g/mol. The van der Waals surface area contributed by atoms with Crippen LogP contribution in [0, 0.1) is 0 Å². The van der Waals surface area contributed by atoms with Gasteiger partial charge in [-0.1, -0.05) is 6.92 Å². The van der Waals surface area contributed by atoms with Crippen molar-refractivity contribution in [2.75, 3.05) is 0 Å². The summed E-state index contributed by atoms with van der Waals surface area (Å²) in [5, 5.41) is 12.8. The summed E-state index contributed by atoms with van der Waals surface area (Å²) < 4.78 is 7.15. The highest BCUT2D eigenvalue weighted by molar-refractivity contribution is 5.84. The lowest BCUT2D eigenvalue weighted by Crippen LogP contribution is -2.01. The molecular formula is C11H12N4O3. The molecule has 0 spiro atoms. The molecule has 0 radical (unpaired) electrons. The van der Waals surface area contributed by atoms with Crippen LogP contribution in [0.5, 0.6) is 11.6 Å². The van der Waals surface area contributed by atoms with Gasteiger partial charge in [0.2, 0.25) is 5.88 Å². The van der Waals surface area contributed by atoms with E-state index < -0.39 is 5.97 Å². The smallest absolute Gasteiger partial charge is 0.356 e. The Morgan fingerprint density at radius 1 is 1.39 bits per heavy atom. The number of carbonyl (C=O) groups is 1. The summed E-state index contributed by atoms with van der Waals surface area (Å²) in [6, 6.07) is 0. The molecule has 2 heterocycles. The van der Waals surface area contributed by atoms with Gasteiger partial charge in [-0.2, -0.15) is 5.10 Å². The molecule has 94 valence electrons. The van der Waals surface area contributed by atoms with Crippen LogP contribution < -0.4 is 4.74 Å². The molecule has 0 atom stereocenters. The zero-order valence-corrected chi connectivity index (χ0v) is 9.78. The molecule has 0 fully saturated rings. The number of aromatic nitrogens is 4. The van der Waals surface area contributed by atoms with E-state index in [1.807, 2.05) is 0 Å². The summed E-state index contributed by atoms with van der Waals surface area (Å²) in [4.78, 5) is 18.1. The van der Waals surface area contributed by atoms with E-state index >= 15 is 0 Å². The van der Waals surface area contributed by atoms with Crippen molar-refractivity contribution in [1.29, 1.82) is 0 Å². The standard InChI is InChI=1S/C11H12N4O3/c1-2-3-15-7-8(4-14-15)18-10-6-12-9(5-13-10)11(16)17/h4-7H,2-3H2,1H3,(H,16,17). The number of ether oxygens (including phenoxy) is 1. The predicted molar refractivity (Wildman–Crippen MR) is 61.6 cm³/mol. The second kappa shape index (κ2) is 5.26. The second-order valence-electron chi connectivity index (χ2n) is 3.59. The average Bonchev–Trinajstić information content (AvgIpc) is 2.78. The maximum absolute atomic E-state index is 10.6. The topological polar surface area (TPSA) is 90.1 Å². The lowest BCUT2D eigenvalue weighted by molar-refractivity contribution is 0.0690. The number of hydrogen-bond donors (Lipinski definition) is 1. The van der Waals surface area contributed by atoms with Crippen LogP contribution in [0.2, 0.25) is 0 Å². The Bertz CT molecular complexity index is 535. The van der Waals surface area contributed by atoms with Crippen LogP contribution in [0.3, 0.4) is 0 Å². The Morgan fingerprint density at radius 2 is 2.22 bits per heavy atom. The molecule has 1 N–H and O–H groups in total. The van der Waals surface area contributed by atoms with E-state index in [1.54, 1.807) is 17.1 Å². The third-order valence-corrected chi connectivity index (χ3v) is 2.13. The largest absolute Gasteiger partial charge is 0.476 e. The Kier molecular flexibility index (Phi) is 3.52. The van der Waals surface area contributed by atoms with E-state index in [-0.39, 0.29) is 11.6 Å². The first-order valence-electron chi connectivity index (χ1n) is 5.44. The zero-order chi connectivity index (χ0) is 13.0. The van der Waals surface area contributed by atoms with Gasteiger partial charge in [0.25, 0.3) is 0 Å². The zero-order valence-electron chi connectivity index (χ0n) is 9.78. The highest BCUT2D eigenvalue weighted by Gasteiger charge is 2.06. The van der Waals surface area contributed by atoms with Crippen LogP contribution in [0.4, 0.5) is 0 Å². The predicted octanol–water partition coefficient (Wildman–Crippen LogP) is 1.57. The molecule has 2 rings (SSSR count). The fourth-order valence-corrected chi connectivity index (χ4v) is 1.35. The van der Waals surface area contributed by atoms with Gasteiger partial charge in [-0.3, -0.25) is 4.68 Å². The van der Waals surface area contributed by atoms with E-state index in [9.17, 15) is 4.79 Å². The van der Waals surface area contributed by atoms with Crippen molar-refractivity contribution >= 4 is 5.97 Å². The first-order valence-corrected chi connectivity index (χ1v) is 5.44. The van der Waals surface area contributed by atoms with E-state index in [1.165, 1.54) is 6.20 Å². The Labute approximate surface area is 103 Å². The molecule has 0 saturated heterocycles. The Morgan fingerprint density at radius 3 is 2.83 bits per heavy atom. The molecule has 0 aliphatic heterocycles. The van der Waals surface area contributed by atoms with Gasteiger partial charge in [0, 0.05) is 6.54 Å². The quantitative estimate of drug-likeness (QED) is 0.863. The fourth-order valence-electron chi connectivity index (χ4n) is 1.35. The third-order valence-electron chi connectivity index (χ3n) is 2.13. The van der Waals surface area contributed by atoms with Crippen LogP contribution in [-0.4, -0.2) is 30.8 Å². The normalized spacial score (nSPS) is 10.3. The number of carboxylic acid groups (broad SMARTS) is 1. The van der Waals surface area contributed by atoms with Crippen LogP contribution in [-0.2, 0) is 6.54 Å². The molecule has 0 aromatic carbocycles. The summed E-state index contributed by atoms with van der Waals surface area (Å²) >= 11 is 0. The molecule has 0 amide bonds. The summed E-state index contributed by atoms with van der Waals surface area (Å²) in [5.41, 5.74) is -0.121. The van der Waals surface area contributed by atoms with Crippen molar-refractivity contribution in [2.45, 2.75) is 19.9 Å². The van der Waals surface area contributed by atoms with Crippen molar-refractivity contribution in [2.24, 2.45) is 0 Å². The highest BCUT2D eigenvalue weighted by Crippen LogP contribution is 2.17. The maximum Gasteiger partial charge on any atom is 0.356 e. The number of aromatic carboxylic acids is 1. The van der Waals surface area contributed by atoms with E-state index in [0.717, 1.165) is 19.2 Å². The third kappa shape index (κ3) is 2.82. The minimum Gasteiger partial charge on any atom is -0.476 e. The van der Waals surface area contributed by atoms with Crippen LogP contribution >= 0.6 is 0 Å². The van der Waals surface area contributed by atoms with E-state index in [4.69, 9.17) is 9.84 Å². The summed E-state index contributed by atoms with van der Waals surface area (Å²) in [6.45, 7) is 2.87. The lowest BCUT2D eigenvalue weighted by atomic mass is 10.5. The molecule has 0 aliphatic rings. The van der Waals surface area contributed by atoms with Gasteiger partial charge in [0.15, 0.2) is 11.4 Å². The average molecular weight is 248 g/mol. The SMILES string of the molecule is CCCn1cc(Oc2cnc(C(=O)O)cn2)cn1. The summed E-state index contributed by atoms with van der Waals surface area (Å²) in [7, 11) is 0. The van der Waals surface area contributed by atoms with Crippen LogP contribution in [0.25, 0.3) is 0 Å². The molecule has 2 aromatic rings. The van der Waals surface area contributed by atoms with Gasteiger partial charge in [-0.05, 0) is 6.42 Å². The van der Waals surface area contributed by atoms with Crippen LogP contribution in [0.15, 0.2) is 24.8 Å². The number of aryl methyl sites for hydroxylation is 1. The fraction of sp³-hybridized carbons (Fsp3) is 0.273. The van der Waals surface area contributed by atoms with Crippen molar-refractivity contribution < 1.29 is 14.6 Å². The molecule has 2 aromatic heterocycles. The Balaban J connectivity index is 2.06. The monoisotopic (exact) mass is 248 g/mol. The number of carboxylic acids is 1. The second-order valence-corrected chi connectivity index (χ2v) is 3.59. The maximum atomic E-state index is 10.6. The molecule has 0 unspecified atom stereocenters. The minimum absolute atomic E-state index is 0.121. The molecule has 7 heteroatoms. The van der Waals surface area contributed by atoms with Gasteiger partial charge in [0.1, 0.15) is 0 Å². The highest BCUT2D eigenvalue weighted by atomic mass is 16.5. The van der Waals surface area contributed by atoms with Gasteiger partial charge in [0.05, 0.1) is 24.8 Å².